The topological polar surface area (TPSA) is 26.3 Å². The van der Waals surface area contributed by atoms with Gasteiger partial charge in [0.15, 0.2) is 0 Å². The standard InChI is InChI=1S/C15H22O2S/c1-8-9(2)11(4)13(15(5,6)17-7)12(10(8)3)14(16)18/h1-7H3,(H,16,18). The predicted molar refractivity (Wildman–Crippen MR) is 78.7 cm³/mol. The zero-order valence-electron chi connectivity index (χ0n) is 12.3. The molecule has 0 N–H and O–H groups in total. The van der Waals surface area contributed by atoms with Crippen molar-refractivity contribution in [3.05, 3.63) is 33.4 Å². The molecule has 100 valence electrons. The number of ether oxygens (including phenoxy) is 1. The molecule has 1 aromatic carbocycles. The minimum Gasteiger partial charge on any atom is -0.374 e. The average Bonchev–Trinajstić information content (AvgIpc) is 2.29. The first kappa shape index (κ1) is 15.3. The highest BCUT2D eigenvalue weighted by Gasteiger charge is 2.30. The Kier molecular flexibility index (Phi) is 4.29. The molecule has 2 nitrogen and oxygen atoms in total. The van der Waals surface area contributed by atoms with E-state index >= 15 is 0 Å². The molecular formula is C15H22O2S. The van der Waals surface area contributed by atoms with Crippen molar-refractivity contribution in [2.24, 2.45) is 0 Å². The molecule has 0 aromatic heterocycles. The van der Waals surface area contributed by atoms with Gasteiger partial charge in [-0.25, -0.2) is 0 Å². The molecule has 3 heteroatoms. The highest BCUT2D eigenvalue weighted by atomic mass is 32.1. The van der Waals surface area contributed by atoms with Crippen LogP contribution in [0, 0.1) is 27.7 Å². The Morgan fingerprint density at radius 2 is 1.44 bits per heavy atom. The molecule has 0 unspecified atom stereocenters. The molecule has 0 radical (unpaired) electrons. The summed E-state index contributed by atoms with van der Waals surface area (Å²) < 4.78 is 5.56. The van der Waals surface area contributed by atoms with Crippen LogP contribution in [0.2, 0.25) is 0 Å². The van der Waals surface area contributed by atoms with Gasteiger partial charge in [-0.05, 0) is 69.4 Å². The van der Waals surface area contributed by atoms with Gasteiger partial charge in [-0.15, -0.1) is 12.6 Å². The number of hydrogen-bond acceptors (Lipinski definition) is 2. The number of benzene rings is 1. The average molecular weight is 266 g/mol. The molecular weight excluding hydrogens is 244 g/mol. The lowest BCUT2D eigenvalue weighted by Gasteiger charge is -2.30. The summed E-state index contributed by atoms with van der Waals surface area (Å²) in [6, 6.07) is 0. The van der Waals surface area contributed by atoms with E-state index in [4.69, 9.17) is 4.74 Å². The fourth-order valence-electron chi connectivity index (χ4n) is 2.43. The summed E-state index contributed by atoms with van der Waals surface area (Å²) in [5.41, 5.74) is 5.62. The van der Waals surface area contributed by atoms with E-state index in [1.54, 1.807) is 7.11 Å². The third-order valence-corrected chi connectivity index (χ3v) is 4.24. The van der Waals surface area contributed by atoms with E-state index < -0.39 is 5.60 Å². The van der Waals surface area contributed by atoms with Gasteiger partial charge < -0.3 is 4.74 Å². The van der Waals surface area contributed by atoms with Gasteiger partial charge in [0.25, 0.3) is 0 Å². The van der Waals surface area contributed by atoms with Gasteiger partial charge in [0.1, 0.15) is 0 Å². The summed E-state index contributed by atoms with van der Waals surface area (Å²) in [6.07, 6.45) is 0. The van der Waals surface area contributed by atoms with Crippen LogP contribution in [0.1, 0.15) is 52.0 Å². The zero-order valence-corrected chi connectivity index (χ0v) is 13.2. The first-order valence-electron chi connectivity index (χ1n) is 6.04. The fraction of sp³-hybridized carbons (Fsp3) is 0.533. The Morgan fingerprint density at radius 1 is 1.00 bits per heavy atom. The summed E-state index contributed by atoms with van der Waals surface area (Å²) in [5, 5.41) is -0.196. The van der Waals surface area contributed by atoms with Gasteiger partial charge >= 0.3 is 0 Å². The van der Waals surface area contributed by atoms with Crippen molar-refractivity contribution in [3.8, 4) is 0 Å². The highest BCUT2D eigenvalue weighted by molar-refractivity contribution is 7.97. The monoisotopic (exact) mass is 266 g/mol. The molecule has 0 spiro atoms. The molecule has 0 aliphatic carbocycles. The Labute approximate surface area is 115 Å². The summed E-state index contributed by atoms with van der Waals surface area (Å²) in [7, 11) is 1.66. The molecule has 0 bridgehead atoms. The predicted octanol–water partition coefficient (Wildman–Crippen LogP) is 3.87. The SMILES string of the molecule is COC(C)(C)c1c(C)c(C)c(C)c(C)c1C(=O)S. The smallest absolute Gasteiger partial charge is 0.217 e. The highest BCUT2D eigenvalue weighted by Crippen LogP contribution is 2.36. The van der Waals surface area contributed by atoms with Crippen LogP contribution in [0.5, 0.6) is 0 Å². The molecule has 0 heterocycles. The summed E-state index contributed by atoms with van der Waals surface area (Å²) in [4.78, 5) is 11.9. The molecule has 0 atom stereocenters. The van der Waals surface area contributed by atoms with Crippen LogP contribution in [0.25, 0.3) is 0 Å². The van der Waals surface area contributed by atoms with Gasteiger partial charge in [-0.3, -0.25) is 4.79 Å². The Bertz CT molecular complexity index is 502. The summed E-state index contributed by atoms with van der Waals surface area (Å²) in [5.74, 6) is 0. The Morgan fingerprint density at radius 3 is 1.83 bits per heavy atom. The minimum atomic E-state index is -0.499. The maximum absolute atomic E-state index is 11.9. The van der Waals surface area contributed by atoms with Crippen LogP contribution in [0.4, 0.5) is 0 Å². The van der Waals surface area contributed by atoms with Gasteiger partial charge in [-0.1, -0.05) is 0 Å². The molecule has 0 aliphatic rings. The van der Waals surface area contributed by atoms with Gasteiger partial charge in [-0.2, -0.15) is 0 Å². The van der Waals surface area contributed by atoms with Crippen molar-refractivity contribution in [2.75, 3.05) is 7.11 Å². The van der Waals surface area contributed by atoms with E-state index in [0.29, 0.717) is 5.56 Å². The zero-order chi connectivity index (χ0) is 14.2. The number of rotatable bonds is 3. The van der Waals surface area contributed by atoms with Gasteiger partial charge in [0, 0.05) is 12.7 Å². The lowest BCUT2D eigenvalue weighted by atomic mass is 9.82. The fourth-order valence-corrected chi connectivity index (χ4v) is 2.71. The van der Waals surface area contributed by atoms with E-state index in [2.05, 4.69) is 19.6 Å². The second-order valence-electron chi connectivity index (χ2n) is 5.27. The number of thiol groups is 1. The van der Waals surface area contributed by atoms with E-state index in [-0.39, 0.29) is 5.12 Å². The first-order valence-corrected chi connectivity index (χ1v) is 6.49. The quantitative estimate of drug-likeness (QED) is 0.841. The number of carbonyl (C=O) groups is 1. The number of hydrogen-bond donors (Lipinski definition) is 1. The van der Waals surface area contributed by atoms with Crippen molar-refractivity contribution < 1.29 is 9.53 Å². The second-order valence-corrected chi connectivity index (χ2v) is 5.68. The molecule has 1 rings (SSSR count). The molecule has 0 saturated carbocycles. The molecule has 0 fully saturated rings. The van der Waals surface area contributed by atoms with Crippen molar-refractivity contribution in [2.45, 2.75) is 47.1 Å². The largest absolute Gasteiger partial charge is 0.374 e. The van der Waals surface area contributed by atoms with E-state index in [0.717, 1.165) is 22.3 Å². The molecule has 0 amide bonds. The Balaban J connectivity index is 3.84. The lowest BCUT2D eigenvalue weighted by molar-refractivity contribution is 0.0180. The molecule has 0 aliphatic heterocycles. The van der Waals surface area contributed by atoms with Crippen LogP contribution >= 0.6 is 12.6 Å². The van der Waals surface area contributed by atoms with Crippen LogP contribution in [-0.2, 0) is 10.3 Å². The van der Waals surface area contributed by atoms with Gasteiger partial charge in [0.05, 0.1) is 5.60 Å². The van der Waals surface area contributed by atoms with Crippen molar-refractivity contribution in [1.82, 2.24) is 0 Å². The second kappa shape index (κ2) is 5.06. The van der Waals surface area contributed by atoms with Crippen LogP contribution < -0.4 is 0 Å². The Hall–Kier alpha value is -0.800. The van der Waals surface area contributed by atoms with Crippen LogP contribution in [0.3, 0.4) is 0 Å². The van der Waals surface area contributed by atoms with Crippen molar-refractivity contribution in [3.63, 3.8) is 0 Å². The van der Waals surface area contributed by atoms with Crippen LogP contribution in [-0.4, -0.2) is 12.2 Å². The maximum atomic E-state index is 11.9. The number of methoxy groups -OCH3 is 1. The van der Waals surface area contributed by atoms with Gasteiger partial charge in [0.2, 0.25) is 5.12 Å². The summed E-state index contributed by atoms with van der Waals surface area (Å²) >= 11 is 4.03. The van der Waals surface area contributed by atoms with E-state index in [1.807, 2.05) is 34.6 Å². The maximum Gasteiger partial charge on any atom is 0.217 e. The van der Waals surface area contributed by atoms with E-state index in [9.17, 15) is 4.79 Å². The number of carbonyl (C=O) groups excluding carboxylic acids is 1. The molecule has 0 saturated heterocycles. The van der Waals surface area contributed by atoms with Crippen molar-refractivity contribution in [1.29, 1.82) is 0 Å². The van der Waals surface area contributed by atoms with E-state index in [1.165, 1.54) is 5.56 Å². The lowest BCUT2D eigenvalue weighted by Crippen LogP contribution is -2.25. The minimum absolute atomic E-state index is 0.196. The third kappa shape index (κ3) is 2.34. The molecule has 1 aromatic rings. The van der Waals surface area contributed by atoms with Crippen LogP contribution in [0.15, 0.2) is 0 Å². The normalized spacial score (nSPS) is 11.8. The molecule has 18 heavy (non-hydrogen) atoms. The third-order valence-electron chi connectivity index (χ3n) is 4.01. The first-order chi connectivity index (χ1) is 8.15. The van der Waals surface area contributed by atoms with Crippen molar-refractivity contribution >= 4 is 17.7 Å². The summed E-state index contributed by atoms with van der Waals surface area (Å²) in [6.45, 7) is 12.1.